The van der Waals surface area contributed by atoms with Crippen LogP contribution in [0.4, 0.5) is 13.2 Å². The van der Waals surface area contributed by atoms with Crippen molar-refractivity contribution in [2.45, 2.75) is 25.2 Å². The number of hydrogen-bond donors (Lipinski definition) is 2. The fraction of sp³-hybridized carbons (Fsp3) is 0.500. The first-order valence-electron chi connectivity index (χ1n) is 5.66. The molecule has 0 spiro atoms. The van der Waals surface area contributed by atoms with E-state index in [0.717, 1.165) is 25.6 Å². The summed E-state index contributed by atoms with van der Waals surface area (Å²) in [5, 5.41) is 6.45. The molecule has 1 aliphatic rings. The fourth-order valence-corrected chi connectivity index (χ4v) is 1.95. The monoisotopic (exact) mass is 244 g/mol. The van der Waals surface area contributed by atoms with Crippen molar-refractivity contribution in [3.63, 3.8) is 0 Å². The Hall–Kier alpha value is -1.07. The first-order valence-corrected chi connectivity index (χ1v) is 5.66. The lowest BCUT2D eigenvalue weighted by atomic mass is 10.1. The van der Waals surface area contributed by atoms with Gasteiger partial charge in [0.15, 0.2) is 0 Å². The van der Waals surface area contributed by atoms with E-state index < -0.39 is 11.7 Å². The second kappa shape index (κ2) is 5.06. The number of benzene rings is 1. The van der Waals surface area contributed by atoms with Gasteiger partial charge in [0.25, 0.3) is 0 Å². The molecule has 94 valence electrons. The summed E-state index contributed by atoms with van der Waals surface area (Å²) in [6.45, 7) is 2.34. The molecule has 1 aromatic carbocycles. The van der Waals surface area contributed by atoms with Gasteiger partial charge in [-0.1, -0.05) is 18.2 Å². The molecule has 5 heteroatoms. The van der Waals surface area contributed by atoms with Gasteiger partial charge >= 0.3 is 6.18 Å². The molecule has 0 radical (unpaired) electrons. The van der Waals surface area contributed by atoms with Crippen LogP contribution in [0.3, 0.4) is 0 Å². The zero-order chi connectivity index (χ0) is 12.3. The van der Waals surface area contributed by atoms with Crippen LogP contribution < -0.4 is 10.6 Å². The standard InChI is InChI=1S/C12H15F3N2/c13-12(14,15)10-3-1-2-9(6-10)7-17-11-4-5-16-8-11/h1-3,6,11,16-17H,4-5,7-8H2. The van der Waals surface area contributed by atoms with Crippen LogP contribution >= 0.6 is 0 Å². The number of rotatable bonds is 3. The molecule has 1 atom stereocenters. The summed E-state index contributed by atoms with van der Waals surface area (Å²) in [6.07, 6.45) is -3.23. The largest absolute Gasteiger partial charge is 0.416 e. The fourth-order valence-electron chi connectivity index (χ4n) is 1.95. The van der Waals surface area contributed by atoms with Gasteiger partial charge in [0.2, 0.25) is 0 Å². The van der Waals surface area contributed by atoms with Gasteiger partial charge in [-0.3, -0.25) is 0 Å². The highest BCUT2D eigenvalue weighted by Gasteiger charge is 2.30. The first kappa shape index (κ1) is 12.4. The van der Waals surface area contributed by atoms with E-state index in [0.29, 0.717) is 18.2 Å². The maximum atomic E-state index is 12.5. The predicted octanol–water partition coefficient (Wildman–Crippen LogP) is 2.16. The van der Waals surface area contributed by atoms with E-state index in [4.69, 9.17) is 0 Å². The Kier molecular flexibility index (Phi) is 3.69. The molecular formula is C12H15F3N2. The predicted molar refractivity (Wildman–Crippen MR) is 59.6 cm³/mol. The highest BCUT2D eigenvalue weighted by atomic mass is 19.4. The minimum Gasteiger partial charge on any atom is -0.315 e. The van der Waals surface area contributed by atoms with Crippen molar-refractivity contribution in [1.82, 2.24) is 10.6 Å². The Morgan fingerprint density at radius 3 is 2.82 bits per heavy atom. The lowest BCUT2D eigenvalue weighted by Gasteiger charge is -2.12. The van der Waals surface area contributed by atoms with Gasteiger partial charge < -0.3 is 10.6 Å². The van der Waals surface area contributed by atoms with Crippen molar-refractivity contribution >= 4 is 0 Å². The second-order valence-electron chi connectivity index (χ2n) is 4.27. The summed E-state index contributed by atoms with van der Waals surface area (Å²) in [4.78, 5) is 0. The third kappa shape index (κ3) is 3.44. The maximum Gasteiger partial charge on any atom is 0.416 e. The van der Waals surface area contributed by atoms with E-state index in [2.05, 4.69) is 10.6 Å². The van der Waals surface area contributed by atoms with Crippen molar-refractivity contribution in [2.75, 3.05) is 13.1 Å². The molecular weight excluding hydrogens is 229 g/mol. The molecule has 1 unspecified atom stereocenters. The molecule has 0 aromatic heterocycles. The molecule has 1 aromatic rings. The molecule has 2 nitrogen and oxygen atoms in total. The summed E-state index contributed by atoms with van der Waals surface area (Å²) in [5.74, 6) is 0. The van der Waals surface area contributed by atoms with Gasteiger partial charge in [-0.2, -0.15) is 13.2 Å². The third-order valence-corrected chi connectivity index (χ3v) is 2.91. The van der Waals surface area contributed by atoms with Gasteiger partial charge in [0.1, 0.15) is 0 Å². The topological polar surface area (TPSA) is 24.1 Å². The van der Waals surface area contributed by atoms with Gasteiger partial charge in [-0.05, 0) is 24.6 Å². The molecule has 0 saturated carbocycles. The summed E-state index contributed by atoms with van der Waals surface area (Å²) in [7, 11) is 0. The Labute approximate surface area is 98.2 Å². The Balaban J connectivity index is 1.96. The summed E-state index contributed by atoms with van der Waals surface area (Å²) >= 11 is 0. The highest BCUT2D eigenvalue weighted by Crippen LogP contribution is 2.29. The van der Waals surface area contributed by atoms with Crippen LogP contribution in [0.2, 0.25) is 0 Å². The normalized spacial score (nSPS) is 20.8. The number of halogens is 3. The highest BCUT2D eigenvalue weighted by molar-refractivity contribution is 5.25. The van der Waals surface area contributed by atoms with E-state index in [-0.39, 0.29) is 0 Å². The molecule has 2 N–H and O–H groups in total. The quantitative estimate of drug-likeness (QED) is 0.851. The van der Waals surface area contributed by atoms with Crippen LogP contribution in [-0.2, 0) is 12.7 Å². The molecule has 17 heavy (non-hydrogen) atoms. The van der Waals surface area contributed by atoms with Crippen LogP contribution in [0.5, 0.6) is 0 Å². The molecule has 0 bridgehead atoms. The molecule has 1 aliphatic heterocycles. The van der Waals surface area contributed by atoms with Crippen molar-refractivity contribution in [3.05, 3.63) is 35.4 Å². The average Bonchev–Trinajstić information content (AvgIpc) is 2.78. The SMILES string of the molecule is FC(F)(F)c1cccc(CNC2CCNC2)c1. The molecule has 1 fully saturated rings. The minimum absolute atomic E-state index is 0.365. The summed E-state index contributed by atoms with van der Waals surface area (Å²) < 4.78 is 37.4. The van der Waals surface area contributed by atoms with Crippen molar-refractivity contribution < 1.29 is 13.2 Å². The van der Waals surface area contributed by atoms with Gasteiger partial charge in [-0.25, -0.2) is 0 Å². The molecule has 1 heterocycles. The Bertz CT molecular complexity index is 370. The number of hydrogen-bond acceptors (Lipinski definition) is 2. The smallest absolute Gasteiger partial charge is 0.315 e. The average molecular weight is 244 g/mol. The Morgan fingerprint density at radius 1 is 1.35 bits per heavy atom. The van der Waals surface area contributed by atoms with Crippen molar-refractivity contribution in [1.29, 1.82) is 0 Å². The van der Waals surface area contributed by atoms with E-state index >= 15 is 0 Å². The van der Waals surface area contributed by atoms with Crippen LogP contribution in [0.15, 0.2) is 24.3 Å². The van der Waals surface area contributed by atoms with E-state index in [9.17, 15) is 13.2 Å². The molecule has 0 aliphatic carbocycles. The minimum atomic E-state index is -4.26. The van der Waals surface area contributed by atoms with Crippen LogP contribution in [0.1, 0.15) is 17.5 Å². The third-order valence-electron chi connectivity index (χ3n) is 2.91. The van der Waals surface area contributed by atoms with Crippen LogP contribution in [0.25, 0.3) is 0 Å². The Morgan fingerprint density at radius 2 is 2.18 bits per heavy atom. The van der Waals surface area contributed by atoms with Gasteiger partial charge in [0, 0.05) is 19.1 Å². The lowest BCUT2D eigenvalue weighted by Crippen LogP contribution is -2.30. The van der Waals surface area contributed by atoms with Crippen LogP contribution in [-0.4, -0.2) is 19.1 Å². The maximum absolute atomic E-state index is 12.5. The van der Waals surface area contributed by atoms with E-state index in [1.807, 2.05) is 0 Å². The number of nitrogens with one attached hydrogen (secondary N) is 2. The van der Waals surface area contributed by atoms with Crippen LogP contribution in [0, 0.1) is 0 Å². The summed E-state index contributed by atoms with van der Waals surface area (Å²) in [6, 6.07) is 5.83. The van der Waals surface area contributed by atoms with Crippen molar-refractivity contribution in [3.8, 4) is 0 Å². The molecule has 1 saturated heterocycles. The summed E-state index contributed by atoms with van der Waals surface area (Å²) in [5.41, 5.74) is 0.0908. The van der Waals surface area contributed by atoms with Gasteiger partial charge in [-0.15, -0.1) is 0 Å². The van der Waals surface area contributed by atoms with Crippen molar-refractivity contribution in [2.24, 2.45) is 0 Å². The zero-order valence-corrected chi connectivity index (χ0v) is 9.35. The second-order valence-corrected chi connectivity index (χ2v) is 4.27. The molecule has 0 amide bonds. The molecule has 2 rings (SSSR count). The lowest BCUT2D eigenvalue weighted by molar-refractivity contribution is -0.137. The van der Waals surface area contributed by atoms with Gasteiger partial charge in [0.05, 0.1) is 5.56 Å². The number of alkyl halides is 3. The first-order chi connectivity index (χ1) is 8.05. The van der Waals surface area contributed by atoms with E-state index in [1.54, 1.807) is 6.07 Å². The zero-order valence-electron chi connectivity index (χ0n) is 9.35. The van der Waals surface area contributed by atoms with E-state index in [1.165, 1.54) is 12.1 Å².